The minimum Gasteiger partial charge on any atom is -0.381 e. The third-order valence-electron chi connectivity index (χ3n) is 6.02. The first-order chi connectivity index (χ1) is 11.7. The topological polar surface area (TPSA) is 21.7 Å². The summed E-state index contributed by atoms with van der Waals surface area (Å²) in [6.45, 7) is 1.98. The maximum atomic E-state index is 6.41. The minimum atomic E-state index is 0.396. The summed E-state index contributed by atoms with van der Waals surface area (Å²) >= 11 is 2.16. The van der Waals surface area contributed by atoms with Gasteiger partial charge >= 0.3 is 0 Å². The van der Waals surface area contributed by atoms with Gasteiger partial charge in [0.05, 0.1) is 12.2 Å². The molecule has 2 bridgehead atoms. The van der Waals surface area contributed by atoms with E-state index < -0.39 is 0 Å². The molecule has 2 heterocycles. The van der Waals surface area contributed by atoms with Crippen molar-refractivity contribution in [1.29, 1.82) is 0 Å². The highest BCUT2D eigenvalue weighted by Crippen LogP contribution is 2.69. The average Bonchev–Trinajstić information content (AvgIpc) is 3.16. The van der Waals surface area contributed by atoms with Crippen LogP contribution in [0.25, 0.3) is 0 Å². The maximum Gasteiger partial charge on any atom is 0.0622 e. The van der Waals surface area contributed by atoms with Gasteiger partial charge in [-0.05, 0) is 51.0 Å². The summed E-state index contributed by atoms with van der Waals surface area (Å²) in [6.07, 6.45) is 4.20. The van der Waals surface area contributed by atoms with Gasteiger partial charge in [0, 0.05) is 36.1 Å². The molecule has 132 valence electrons. The van der Waals surface area contributed by atoms with E-state index in [1.54, 1.807) is 11.1 Å². The van der Waals surface area contributed by atoms with Crippen molar-refractivity contribution in [3.05, 3.63) is 35.4 Å². The summed E-state index contributed by atoms with van der Waals surface area (Å²) in [4.78, 5) is 2.23. The SMILES string of the molecule is CO[C@@H]1CC[C@H](OCCCN(C)C)[C@H]2[C@@H]1[C@H]1S[C@@H]2c2ccccc21. The lowest BCUT2D eigenvalue weighted by Gasteiger charge is -2.44. The molecule has 2 fully saturated rings. The van der Waals surface area contributed by atoms with Gasteiger partial charge in [0.1, 0.15) is 0 Å². The molecule has 1 aromatic rings. The predicted molar refractivity (Wildman–Crippen MR) is 99.4 cm³/mol. The number of benzene rings is 1. The van der Waals surface area contributed by atoms with E-state index in [4.69, 9.17) is 9.47 Å². The molecule has 3 aliphatic rings. The molecule has 4 rings (SSSR count). The Hall–Kier alpha value is -0.550. The number of nitrogens with zero attached hydrogens (tertiary/aromatic N) is 1. The molecule has 0 radical (unpaired) electrons. The van der Waals surface area contributed by atoms with Gasteiger partial charge in [-0.2, -0.15) is 0 Å². The normalized spacial score (nSPS) is 36.8. The molecule has 0 amide bonds. The van der Waals surface area contributed by atoms with Crippen molar-refractivity contribution >= 4 is 11.8 Å². The fourth-order valence-electron chi connectivity index (χ4n) is 5.02. The highest BCUT2D eigenvalue weighted by Gasteiger charge is 2.58. The van der Waals surface area contributed by atoms with E-state index >= 15 is 0 Å². The van der Waals surface area contributed by atoms with Gasteiger partial charge in [-0.25, -0.2) is 0 Å². The van der Waals surface area contributed by atoms with Gasteiger partial charge in [0.25, 0.3) is 0 Å². The van der Waals surface area contributed by atoms with Crippen LogP contribution in [0.15, 0.2) is 24.3 Å². The summed E-state index contributed by atoms with van der Waals surface area (Å²) in [5, 5.41) is 1.21. The first-order valence-corrected chi connectivity index (χ1v) is 10.2. The molecule has 1 aliphatic carbocycles. The van der Waals surface area contributed by atoms with Gasteiger partial charge in [-0.1, -0.05) is 24.3 Å². The van der Waals surface area contributed by atoms with Crippen molar-refractivity contribution in [3.8, 4) is 0 Å². The van der Waals surface area contributed by atoms with Crippen molar-refractivity contribution in [2.24, 2.45) is 11.8 Å². The molecule has 1 saturated heterocycles. The molecule has 2 aliphatic heterocycles. The van der Waals surface area contributed by atoms with E-state index in [1.807, 2.05) is 7.11 Å². The summed E-state index contributed by atoms with van der Waals surface area (Å²) in [5.74, 6) is 1.24. The minimum absolute atomic E-state index is 0.396. The van der Waals surface area contributed by atoms with E-state index in [0.717, 1.165) is 32.4 Å². The Bertz CT molecular complexity index is 579. The van der Waals surface area contributed by atoms with Crippen LogP contribution < -0.4 is 0 Å². The van der Waals surface area contributed by atoms with Crippen molar-refractivity contribution in [2.45, 2.75) is 42.0 Å². The van der Waals surface area contributed by atoms with Gasteiger partial charge in [-0.15, -0.1) is 11.8 Å². The molecular weight excluding hydrogens is 318 g/mol. The van der Waals surface area contributed by atoms with Crippen LogP contribution in [0.1, 0.15) is 40.9 Å². The first-order valence-electron chi connectivity index (χ1n) is 9.24. The van der Waals surface area contributed by atoms with E-state index in [-0.39, 0.29) is 0 Å². The second kappa shape index (κ2) is 6.99. The summed E-state index contributed by atoms with van der Waals surface area (Å²) in [7, 11) is 6.15. The first kappa shape index (κ1) is 16.9. The zero-order valence-corrected chi connectivity index (χ0v) is 15.8. The maximum absolute atomic E-state index is 6.41. The largest absolute Gasteiger partial charge is 0.381 e. The highest BCUT2D eigenvalue weighted by molar-refractivity contribution is 8.00. The lowest BCUT2D eigenvalue weighted by molar-refractivity contribution is -0.0897. The average molecular weight is 348 g/mol. The second-order valence-electron chi connectivity index (χ2n) is 7.68. The van der Waals surface area contributed by atoms with Crippen molar-refractivity contribution in [3.63, 3.8) is 0 Å². The van der Waals surface area contributed by atoms with Crippen molar-refractivity contribution in [2.75, 3.05) is 34.4 Å². The Morgan fingerprint density at radius 3 is 2.29 bits per heavy atom. The second-order valence-corrected chi connectivity index (χ2v) is 8.97. The van der Waals surface area contributed by atoms with Gasteiger partial charge in [0.15, 0.2) is 0 Å². The Morgan fingerprint density at radius 1 is 1.04 bits per heavy atom. The Labute approximate surface area is 150 Å². The molecule has 6 atom stereocenters. The molecule has 0 spiro atoms. The molecule has 1 aromatic carbocycles. The smallest absolute Gasteiger partial charge is 0.0622 e. The van der Waals surface area contributed by atoms with E-state index in [1.165, 1.54) is 0 Å². The lowest BCUT2D eigenvalue weighted by Crippen LogP contribution is -2.45. The van der Waals surface area contributed by atoms with Crippen LogP contribution in [-0.2, 0) is 9.47 Å². The van der Waals surface area contributed by atoms with Gasteiger partial charge in [-0.3, -0.25) is 0 Å². The third kappa shape index (κ3) is 2.82. The molecular formula is C20H29NO2S. The monoisotopic (exact) mass is 347 g/mol. The number of hydrogen-bond acceptors (Lipinski definition) is 4. The molecule has 0 aromatic heterocycles. The zero-order valence-electron chi connectivity index (χ0n) is 15.0. The molecule has 1 saturated carbocycles. The number of thioether (sulfide) groups is 1. The fraction of sp³-hybridized carbons (Fsp3) is 0.700. The van der Waals surface area contributed by atoms with E-state index in [9.17, 15) is 0 Å². The highest BCUT2D eigenvalue weighted by atomic mass is 32.2. The van der Waals surface area contributed by atoms with Crippen LogP contribution in [0.5, 0.6) is 0 Å². The molecule has 24 heavy (non-hydrogen) atoms. The van der Waals surface area contributed by atoms with Crippen LogP contribution in [0.3, 0.4) is 0 Å². The van der Waals surface area contributed by atoms with Gasteiger partial charge < -0.3 is 14.4 Å². The van der Waals surface area contributed by atoms with Crippen LogP contribution in [0.2, 0.25) is 0 Å². The molecule has 0 unspecified atom stereocenters. The summed E-state index contributed by atoms with van der Waals surface area (Å²) < 4.78 is 12.3. The van der Waals surface area contributed by atoms with Crippen LogP contribution in [0.4, 0.5) is 0 Å². The number of ether oxygens (including phenoxy) is 2. The summed E-state index contributed by atoms with van der Waals surface area (Å²) in [6, 6.07) is 9.05. The van der Waals surface area contributed by atoms with E-state index in [0.29, 0.717) is 34.5 Å². The van der Waals surface area contributed by atoms with Gasteiger partial charge in [0.2, 0.25) is 0 Å². The quantitative estimate of drug-likeness (QED) is 0.727. The predicted octanol–water partition coefficient (Wildman–Crippen LogP) is 3.91. The van der Waals surface area contributed by atoms with Crippen LogP contribution >= 0.6 is 11.8 Å². The van der Waals surface area contributed by atoms with Crippen molar-refractivity contribution < 1.29 is 9.47 Å². The zero-order chi connectivity index (χ0) is 16.7. The Kier molecular flexibility index (Phi) is 4.92. The Balaban J connectivity index is 1.52. The molecule has 4 heteroatoms. The Morgan fingerprint density at radius 2 is 1.67 bits per heavy atom. The standard InChI is InChI=1S/C20H29NO2S/c1-21(2)11-6-12-23-16-10-9-15(22-3)17-18(16)20-14-8-5-4-7-13(14)19(17)24-20/h4-5,7-8,15-20H,6,9-12H2,1-3H3/t15-,16+,17-,18+,19+,20-/m1/s1. The molecule has 3 nitrogen and oxygen atoms in total. The van der Waals surface area contributed by atoms with Crippen molar-refractivity contribution in [1.82, 2.24) is 4.90 Å². The number of fused-ring (bicyclic) bond motifs is 8. The third-order valence-corrected chi connectivity index (χ3v) is 7.75. The van der Waals surface area contributed by atoms with E-state index in [2.05, 4.69) is 55.0 Å². The summed E-state index contributed by atoms with van der Waals surface area (Å²) in [5.41, 5.74) is 3.12. The number of rotatable bonds is 6. The van der Waals surface area contributed by atoms with Crippen LogP contribution in [0, 0.1) is 11.8 Å². The molecule has 0 N–H and O–H groups in total. The number of hydrogen-bond donors (Lipinski definition) is 0. The van der Waals surface area contributed by atoms with Crippen LogP contribution in [-0.4, -0.2) is 51.5 Å². The fourth-order valence-corrected chi connectivity index (χ4v) is 7.13. The lowest BCUT2D eigenvalue weighted by atomic mass is 9.66. The number of methoxy groups -OCH3 is 1.